The summed E-state index contributed by atoms with van der Waals surface area (Å²) >= 11 is 0. The summed E-state index contributed by atoms with van der Waals surface area (Å²) in [6, 6.07) is 2.67. The highest BCUT2D eigenvalue weighted by atomic mass is 19.2. The largest absolute Gasteiger partial charge is 0.354 e. The summed E-state index contributed by atoms with van der Waals surface area (Å²) in [6.45, 7) is 0.569. The molecule has 2 amide bonds. The summed E-state index contributed by atoms with van der Waals surface area (Å²) in [5.74, 6) is -3.35. The van der Waals surface area contributed by atoms with Gasteiger partial charge < -0.3 is 10.6 Å². The standard InChI is InChI=1S/C13H14F2N2O2/c14-9-5-3-4-8(11(9)15)12(18)17-10-6-1-2-7-16-13(10)19/h3-5,10H,1-2,6-7H2,(H,16,19)(H,17,18)/t10-/m0/s1. The quantitative estimate of drug-likeness (QED) is 0.851. The second-order valence-corrected chi connectivity index (χ2v) is 4.41. The van der Waals surface area contributed by atoms with Crippen molar-refractivity contribution in [3.05, 3.63) is 35.4 Å². The summed E-state index contributed by atoms with van der Waals surface area (Å²) in [5, 5.41) is 5.09. The van der Waals surface area contributed by atoms with E-state index in [1.165, 1.54) is 12.1 Å². The van der Waals surface area contributed by atoms with Crippen molar-refractivity contribution >= 4 is 11.8 Å². The van der Waals surface area contributed by atoms with Crippen molar-refractivity contribution in [2.45, 2.75) is 25.3 Å². The Morgan fingerprint density at radius 1 is 1.32 bits per heavy atom. The van der Waals surface area contributed by atoms with E-state index in [1.807, 2.05) is 0 Å². The smallest absolute Gasteiger partial charge is 0.255 e. The van der Waals surface area contributed by atoms with Crippen molar-refractivity contribution in [2.24, 2.45) is 0 Å². The lowest BCUT2D eigenvalue weighted by atomic mass is 10.1. The third-order valence-corrected chi connectivity index (χ3v) is 3.04. The number of hydrogen-bond acceptors (Lipinski definition) is 2. The van der Waals surface area contributed by atoms with E-state index in [-0.39, 0.29) is 5.91 Å². The molecule has 0 spiro atoms. The molecule has 0 unspecified atom stereocenters. The molecule has 0 bridgehead atoms. The van der Waals surface area contributed by atoms with E-state index in [2.05, 4.69) is 10.6 Å². The molecule has 1 atom stereocenters. The SMILES string of the molecule is O=C(N[C@H]1CCCCNC1=O)c1cccc(F)c1F. The fourth-order valence-corrected chi connectivity index (χ4v) is 1.99. The number of hydrogen-bond donors (Lipinski definition) is 2. The van der Waals surface area contributed by atoms with Crippen LogP contribution in [0.25, 0.3) is 0 Å². The zero-order valence-electron chi connectivity index (χ0n) is 10.2. The molecule has 4 nitrogen and oxygen atoms in total. The van der Waals surface area contributed by atoms with E-state index in [1.54, 1.807) is 0 Å². The first kappa shape index (κ1) is 13.5. The maximum absolute atomic E-state index is 13.4. The molecule has 6 heteroatoms. The van der Waals surface area contributed by atoms with Gasteiger partial charge in [0.15, 0.2) is 11.6 Å². The normalized spacial score (nSPS) is 19.5. The third-order valence-electron chi connectivity index (χ3n) is 3.04. The number of halogens is 2. The minimum absolute atomic E-state index is 0.289. The van der Waals surface area contributed by atoms with Crippen LogP contribution in [0.15, 0.2) is 18.2 Å². The highest BCUT2D eigenvalue weighted by molar-refractivity contribution is 5.97. The second-order valence-electron chi connectivity index (χ2n) is 4.41. The molecule has 0 aliphatic carbocycles. The van der Waals surface area contributed by atoms with E-state index in [0.29, 0.717) is 13.0 Å². The van der Waals surface area contributed by atoms with Gasteiger partial charge in [0, 0.05) is 6.54 Å². The molecule has 1 aliphatic heterocycles. The number of carbonyl (C=O) groups is 2. The van der Waals surface area contributed by atoms with Crippen LogP contribution in [0.1, 0.15) is 29.6 Å². The number of rotatable bonds is 2. The van der Waals surface area contributed by atoms with Gasteiger partial charge in [-0.25, -0.2) is 8.78 Å². The first-order valence-electron chi connectivity index (χ1n) is 6.12. The van der Waals surface area contributed by atoms with Crippen LogP contribution in [0.3, 0.4) is 0 Å². The first-order valence-corrected chi connectivity index (χ1v) is 6.12. The number of nitrogens with one attached hydrogen (secondary N) is 2. The van der Waals surface area contributed by atoms with Crippen molar-refractivity contribution in [1.29, 1.82) is 0 Å². The van der Waals surface area contributed by atoms with Crippen molar-refractivity contribution in [3.8, 4) is 0 Å². The highest BCUT2D eigenvalue weighted by Gasteiger charge is 2.24. The molecule has 1 aromatic rings. The summed E-state index contributed by atoms with van der Waals surface area (Å²) in [4.78, 5) is 23.5. The van der Waals surface area contributed by atoms with E-state index in [9.17, 15) is 18.4 Å². The van der Waals surface area contributed by atoms with Crippen molar-refractivity contribution < 1.29 is 18.4 Å². The van der Waals surface area contributed by atoms with E-state index in [0.717, 1.165) is 18.9 Å². The Morgan fingerprint density at radius 3 is 2.89 bits per heavy atom. The second kappa shape index (κ2) is 5.77. The van der Waals surface area contributed by atoms with Crippen LogP contribution in [0.5, 0.6) is 0 Å². The van der Waals surface area contributed by atoms with Crippen molar-refractivity contribution in [1.82, 2.24) is 10.6 Å². The topological polar surface area (TPSA) is 58.2 Å². The minimum Gasteiger partial charge on any atom is -0.354 e. The maximum atomic E-state index is 13.4. The van der Waals surface area contributed by atoms with Gasteiger partial charge in [0.05, 0.1) is 5.56 Å². The fourth-order valence-electron chi connectivity index (χ4n) is 1.99. The first-order chi connectivity index (χ1) is 9.09. The molecule has 0 saturated carbocycles. The molecule has 1 aliphatic rings. The van der Waals surface area contributed by atoms with Gasteiger partial charge in [0.25, 0.3) is 5.91 Å². The summed E-state index contributed by atoms with van der Waals surface area (Å²) in [7, 11) is 0. The molecule has 19 heavy (non-hydrogen) atoms. The maximum Gasteiger partial charge on any atom is 0.255 e. The van der Waals surface area contributed by atoms with Crippen LogP contribution in [0, 0.1) is 11.6 Å². The Kier molecular flexibility index (Phi) is 4.09. The molecule has 0 radical (unpaired) electrons. The van der Waals surface area contributed by atoms with Gasteiger partial charge in [-0.1, -0.05) is 6.07 Å². The van der Waals surface area contributed by atoms with Gasteiger partial charge in [0.1, 0.15) is 6.04 Å². The Balaban J connectivity index is 2.12. The number of carbonyl (C=O) groups excluding carboxylic acids is 2. The van der Waals surface area contributed by atoms with Crippen LogP contribution >= 0.6 is 0 Å². The Bertz CT molecular complexity index is 505. The van der Waals surface area contributed by atoms with Crippen molar-refractivity contribution in [2.75, 3.05) is 6.54 Å². The Hall–Kier alpha value is -1.98. The molecule has 1 aromatic carbocycles. The predicted molar refractivity (Wildman–Crippen MR) is 64.5 cm³/mol. The van der Waals surface area contributed by atoms with E-state index in [4.69, 9.17) is 0 Å². The number of benzene rings is 1. The van der Waals surface area contributed by atoms with E-state index >= 15 is 0 Å². The van der Waals surface area contributed by atoms with Gasteiger partial charge in [-0.3, -0.25) is 9.59 Å². The molecule has 2 N–H and O–H groups in total. The molecule has 1 fully saturated rings. The highest BCUT2D eigenvalue weighted by Crippen LogP contribution is 2.12. The lowest BCUT2D eigenvalue weighted by molar-refractivity contribution is -0.122. The minimum atomic E-state index is -1.20. The molecule has 0 aromatic heterocycles. The van der Waals surface area contributed by atoms with Gasteiger partial charge in [-0.05, 0) is 31.4 Å². The summed E-state index contributed by atoms with van der Waals surface area (Å²) in [6.07, 6.45) is 2.12. The molecule has 1 saturated heterocycles. The zero-order chi connectivity index (χ0) is 13.8. The Morgan fingerprint density at radius 2 is 2.11 bits per heavy atom. The lowest BCUT2D eigenvalue weighted by Gasteiger charge is -2.15. The van der Waals surface area contributed by atoms with Gasteiger partial charge in [0.2, 0.25) is 5.91 Å². The summed E-state index contributed by atoms with van der Waals surface area (Å²) < 4.78 is 26.5. The van der Waals surface area contributed by atoms with Crippen LogP contribution in [-0.4, -0.2) is 24.4 Å². The zero-order valence-corrected chi connectivity index (χ0v) is 10.2. The predicted octanol–water partition coefficient (Wildman–Crippen LogP) is 1.36. The van der Waals surface area contributed by atoms with Crippen LogP contribution in [-0.2, 0) is 4.79 Å². The lowest BCUT2D eigenvalue weighted by Crippen LogP contribution is -2.45. The van der Waals surface area contributed by atoms with E-state index < -0.39 is 29.1 Å². The van der Waals surface area contributed by atoms with Crippen LogP contribution < -0.4 is 10.6 Å². The average Bonchev–Trinajstić information content (AvgIpc) is 2.58. The average molecular weight is 268 g/mol. The monoisotopic (exact) mass is 268 g/mol. The van der Waals surface area contributed by atoms with Crippen molar-refractivity contribution in [3.63, 3.8) is 0 Å². The van der Waals surface area contributed by atoms with Crippen LogP contribution in [0.2, 0.25) is 0 Å². The third kappa shape index (κ3) is 3.07. The van der Waals surface area contributed by atoms with Gasteiger partial charge in [-0.15, -0.1) is 0 Å². The van der Waals surface area contributed by atoms with Gasteiger partial charge in [-0.2, -0.15) is 0 Å². The Labute approximate surface area is 109 Å². The molecular weight excluding hydrogens is 254 g/mol. The fraction of sp³-hybridized carbons (Fsp3) is 0.385. The summed E-state index contributed by atoms with van der Waals surface area (Å²) in [5.41, 5.74) is -0.392. The molecular formula is C13H14F2N2O2. The molecule has 2 rings (SSSR count). The number of amides is 2. The molecule has 102 valence electrons. The van der Waals surface area contributed by atoms with Gasteiger partial charge >= 0.3 is 0 Å². The molecule has 1 heterocycles. The van der Waals surface area contributed by atoms with Crippen LogP contribution in [0.4, 0.5) is 8.78 Å².